The molecule has 5 rings (SSSR count). The molecule has 1 N–H and O–H groups in total. The van der Waals surface area contributed by atoms with Crippen LogP contribution in [0.3, 0.4) is 0 Å². The zero-order valence-corrected chi connectivity index (χ0v) is 19.3. The molecule has 36 heavy (non-hydrogen) atoms. The maximum Gasteiger partial charge on any atom is 0.336 e. The van der Waals surface area contributed by atoms with E-state index in [1.165, 1.54) is 28.8 Å². The SMILES string of the molecule is O=C(COc1ccc2ccc(=O)oc2c1)N=Nc1c(O)n(Cc2cccc(F)c2)c2ccc(Cl)cc12. The Morgan fingerprint density at radius 2 is 1.92 bits per heavy atom. The number of rotatable bonds is 6. The summed E-state index contributed by atoms with van der Waals surface area (Å²) in [7, 11) is 0. The van der Waals surface area contributed by atoms with Crippen molar-refractivity contribution >= 4 is 45.1 Å². The van der Waals surface area contributed by atoms with Crippen molar-refractivity contribution in [2.75, 3.05) is 6.61 Å². The summed E-state index contributed by atoms with van der Waals surface area (Å²) in [6.07, 6.45) is 0. The summed E-state index contributed by atoms with van der Waals surface area (Å²) in [6.45, 7) is -0.276. The number of carbonyl (C=O) groups excluding carboxylic acids is 1. The minimum Gasteiger partial charge on any atom is -0.493 e. The predicted molar refractivity (Wildman–Crippen MR) is 132 cm³/mol. The van der Waals surface area contributed by atoms with Crippen molar-refractivity contribution in [1.29, 1.82) is 0 Å². The number of halogens is 2. The van der Waals surface area contributed by atoms with E-state index in [4.69, 9.17) is 20.8 Å². The smallest absolute Gasteiger partial charge is 0.336 e. The first-order valence-electron chi connectivity index (χ1n) is 10.7. The molecule has 0 aliphatic carbocycles. The van der Waals surface area contributed by atoms with Crippen molar-refractivity contribution < 1.29 is 23.4 Å². The highest BCUT2D eigenvalue weighted by atomic mass is 35.5. The largest absolute Gasteiger partial charge is 0.493 e. The number of fused-ring (bicyclic) bond motifs is 2. The minimum atomic E-state index is -0.711. The van der Waals surface area contributed by atoms with Gasteiger partial charge in [-0.05, 0) is 54.1 Å². The van der Waals surface area contributed by atoms with Crippen LogP contribution in [0.1, 0.15) is 5.56 Å². The van der Waals surface area contributed by atoms with E-state index in [-0.39, 0.29) is 18.1 Å². The van der Waals surface area contributed by atoms with Gasteiger partial charge in [-0.15, -0.1) is 10.2 Å². The molecule has 0 fully saturated rings. The van der Waals surface area contributed by atoms with E-state index in [2.05, 4.69) is 10.2 Å². The van der Waals surface area contributed by atoms with Gasteiger partial charge in [0.2, 0.25) is 5.88 Å². The normalized spacial score (nSPS) is 11.5. The average molecular weight is 506 g/mol. The molecule has 2 heterocycles. The highest BCUT2D eigenvalue weighted by Gasteiger charge is 2.18. The van der Waals surface area contributed by atoms with Gasteiger partial charge in [0.1, 0.15) is 17.1 Å². The van der Waals surface area contributed by atoms with Crippen LogP contribution in [0.25, 0.3) is 21.9 Å². The molecular weight excluding hydrogens is 489 g/mol. The van der Waals surface area contributed by atoms with Crippen molar-refractivity contribution in [2.45, 2.75) is 6.54 Å². The van der Waals surface area contributed by atoms with Gasteiger partial charge in [0.05, 0.1) is 12.1 Å². The van der Waals surface area contributed by atoms with Gasteiger partial charge in [-0.3, -0.25) is 4.79 Å². The number of carbonyl (C=O) groups is 1. The summed E-state index contributed by atoms with van der Waals surface area (Å²) < 4.78 is 25.7. The number of hydrogen-bond acceptors (Lipinski definition) is 6. The van der Waals surface area contributed by atoms with Gasteiger partial charge in [0.15, 0.2) is 12.3 Å². The van der Waals surface area contributed by atoms with E-state index < -0.39 is 24.0 Å². The van der Waals surface area contributed by atoms with Crippen LogP contribution in [0.2, 0.25) is 5.02 Å². The third-order valence-electron chi connectivity index (χ3n) is 5.42. The minimum absolute atomic E-state index is 0.0460. The number of ether oxygens (including phenoxy) is 1. The number of aromatic hydroxyl groups is 1. The summed E-state index contributed by atoms with van der Waals surface area (Å²) in [6, 6.07) is 18.7. The van der Waals surface area contributed by atoms with Gasteiger partial charge in [-0.25, -0.2) is 9.18 Å². The highest BCUT2D eigenvalue weighted by molar-refractivity contribution is 6.31. The van der Waals surface area contributed by atoms with Gasteiger partial charge in [0.25, 0.3) is 0 Å². The van der Waals surface area contributed by atoms with Crippen LogP contribution in [0, 0.1) is 5.82 Å². The molecule has 0 saturated carbocycles. The quantitative estimate of drug-likeness (QED) is 0.225. The standard InChI is InChI=1S/C26H17ClFN3O5/c27-17-6-8-21-20(11-17)25(26(34)31(21)13-15-2-1-3-18(28)10-15)30-29-23(32)14-35-19-7-4-16-5-9-24(33)36-22(16)12-19/h1-12,34H,13-14H2. The lowest BCUT2D eigenvalue weighted by molar-refractivity contribution is -0.120. The van der Waals surface area contributed by atoms with Gasteiger partial charge in [-0.2, -0.15) is 0 Å². The van der Waals surface area contributed by atoms with Crippen molar-refractivity contribution in [3.05, 3.63) is 99.6 Å². The Morgan fingerprint density at radius 1 is 1.08 bits per heavy atom. The van der Waals surface area contributed by atoms with Crippen molar-refractivity contribution in [3.8, 4) is 11.6 Å². The molecule has 0 atom stereocenters. The maximum atomic E-state index is 13.7. The molecule has 180 valence electrons. The molecule has 10 heteroatoms. The van der Waals surface area contributed by atoms with Gasteiger partial charge in [0, 0.05) is 27.9 Å². The fourth-order valence-electron chi connectivity index (χ4n) is 3.78. The summed E-state index contributed by atoms with van der Waals surface area (Å²) >= 11 is 6.14. The molecule has 3 aromatic carbocycles. The first-order chi connectivity index (χ1) is 17.4. The van der Waals surface area contributed by atoms with E-state index in [1.807, 2.05) is 0 Å². The van der Waals surface area contributed by atoms with Crippen LogP contribution in [0.5, 0.6) is 11.6 Å². The molecule has 0 radical (unpaired) electrons. The first kappa shape index (κ1) is 23.3. The average Bonchev–Trinajstić information content (AvgIpc) is 3.10. The van der Waals surface area contributed by atoms with Crippen molar-refractivity contribution in [1.82, 2.24) is 4.57 Å². The van der Waals surface area contributed by atoms with Gasteiger partial charge < -0.3 is 18.8 Å². The topological polar surface area (TPSA) is 106 Å². The fourth-order valence-corrected chi connectivity index (χ4v) is 3.95. The Kier molecular flexibility index (Phi) is 6.22. The summed E-state index contributed by atoms with van der Waals surface area (Å²) in [5.41, 5.74) is 1.07. The number of hydrogen-bond donors (Lipinski definition) is 1. The zero-order chi connectivity index (χ0) is 25.2. The Labute approximate surface area is 207 Å². The van der Waals surface area contributed by atoms with E-state index in [0.29, 0.717) is 38.2 Å². The van der Waals surface area contributed by atoms with Gasteiger partial charge in [-0.1, -0.05) is 23.7 Å². The van der Waals surface area contributed by atoms with Crippen LogP contribution in [-0.2, 0) is 11.3 Å². The number of aromatic nitrogens is 1. The molecule has 0 bridgehead atoms. The molecule has 8 nitrogen and oxygen atoms in total. The van der Waals surface area contributed by atoms with Crippen LogP contribution >= 0.6 is 11.6 Å². The summed E-state index contributed by atoms with van der Waals surface area (Å²) in [5, 5.41) is 20.1. The molecule has 0 saturated heterocycles. The lowest BCUT2D eigenvalue weighted by Gasteiger charge is -2.07. The van der Waals surface area contributed by atoms with Crippen molar-refractivity contribution in [3.63, 3.8) is 0 Å². The van der Waals surface area contributed by atoms with Crippen molar-refractivity contribution in [2.24, 2.45) is 10.2 Å². The number of amides is 1. The third-order valence-corrected chi connectivity index (χ3v) is 5.66. The zero-order valence-electron chi connectivity index (χ0n) is 18.5. The monoisotopic (exact) mass is 505 g/mol. The molecular formula is C26H17ClFN3O5. The molecule has 2 aromatic heterocycles. The van der Waals surface area contributed by atoms with Crippen LogP contribution in [0.15, 0.2) is 92.2 Å². The lowest BCUT2D eigenvalue weighted by atomic mass is 10.2. The second-order valence-electron chi connectivity index (χ2n) is 7.89. The second kappa shape index (κ2) is 9.63. The number of benzene rings is 3. The Balaban J connectivity index is 1.38. The van der Waals surface area contributed by atoms with E-state index in [0.717, 1.165) is 0 Å². The molecule has 1 amide bonds. The Bertz CT molecular complexity index is 1710. The summed E-state index contributed by atoms with van der Waals surface area (Å²) in [4.78, 5) is 23.7. The van der Waals surface area contributed by atoms with E-state index in [1.54, 1.807) is 48.5 Å². The van der Waals surface area contributed by atoms with E-state index in [9.17, 15) is 19.1 Å². The summed E-state index contributed by atoms with van der Waals surface area (Å²) in [5.74, 6) is -1.05. The van der Waals surface area contributed by atoms with Crippen LogP contribution in [0.4, 0.5) is 10.1 Å². The molecule has 0 aliphatic rings. The molecule has 0 aliphatic heterocycles. The lowest BCUT2D eigenvalue weighted by Crippen LogP contribution is -2.07. The van der Waals surface area contributed by atoms with E-state index >= 15 is 0 Å². The number of nitrogens with zero attached hydrogens (tertiary/aromatic N) is 3. The molecule has 0 unspecified atom stereocenters. The number of azo groups is 1. The second-order valence-corrected chi connectivity index (χ2v) is 8.32. The van der Waals surface area contributed by atoms with Crippen LogP contribution in [-0.4, -0.2) is 22.2 Å². The molecule has 0 spiro atoms. The third kappa shape index (κ3) is 4.82. The fraction of sp³-hybridized carbons (Fsp3) is 0.0769. The Morgan fingerprint density at radius 3 is 2.75 bits per heavy atom. The molecule has 5 aromatic rings. The first-order valence-corrected chi connectivity index (χ1v) is 11.1. The highest BCUT2D eigenvalue weighted by Crippen LogP contribution is 2.40. The van der Waals surface area contributed by atoms with Gasteiger partial charge >= 0.3 is 11.5 Å². The maximum absolute atomic E-state index is 13.7. The predicted octanol–water partition coefficient (Wildman–Crippen LogP) is 5.98. The Hall–Kier alpha value is -4.50. The van der Waals surface area contributed by atoms with Crippen LogP contribution < -0.4 is 10.4 Å².